The van der Waals surface area contributed by atoms with Crippen LogP contribution in [-0.2, 0) is 25.5 Å². The molecule has 0 aliphatic carbocycles. The summed E-state index contributed by atoms with van der Waals surface area (Å²) in [7, 11) is 2.00. The van der Waals surface area contributed by atoms with Gasteiger partial charge in [-0.15, -0.1) is 0 Å². The standard InChI is InChI=1S/C20H28NO6P/c1-16(2)18(15-26-20(24)11-10-19(22)23)21(3,4)12-13-28(25)27-14-17-8-6-5-7-9-17/h5-11,13,16,18H,12,14-15H2,1-4H3/p+1/b11-10+. The summed E-state index contributed by atoms with van der Waals surface area (Å²) >= 11 is 0. The van der Waals surface area contributed by atoms with Gasteiger partial charge in [0.25, 0.3) is 0 Å². The van der Waals surface area contributed by atoms with Gasteiger partial charge in [0.2, 0.25) is 8.00 Å². The van der Waals surface area contributed by atoms with E-state index >= 15 is 0 Å². The Morgan fingerprint density at radius 1 is 1.21 bits per heavy atom. The molecular formula is C20H29NO6P+. The van der Waals surface area contributed by atoms with Gasteiger partial charge in [-0.25, -0.2) is 9.59 Å². The maximum absolute atomic E-state index is 12.2. The normalized spacial score (nSPS) is 13.7. The van der Waals surface area contributed by atoms with Gasteiger partial charge >= 0.3 is 11.9 Å². The van der Waals surface area contributed by atoms with Gasteiger partial charge in [0.05, 0.1) is 14.1 Å². The highest BCUT2D eigenvalue weighted by molar-refractivity contribution is 7.44. The number of hydrogen-bond donors (Lipinski definition) is 1. The molecule has 0 amide bonds. The van der Waals surface area contributed by atoms with Gasteiger partial charge < -0.3 is 19.2 Å². The molecule has 154 valence electrons. The quantitative estimate of drug-likeness (QED) is 0.259. The number of quaternary nitrogens is 1. The molecule has 1 rings (SSSR count). The highest BCUT2D eigenvalue weighted by Gasteiger charge is 2.32. The number of hydrogen-bond acceptors (Lipinski definition) is 5. The minimum Gasteiger partial charge on any atom is -0.603 e. The van der Waals surface area contributed by atoms with Crippen LogP contribution in [0.1, 0.15) is 19.4 Å². The molecule has 1 aromatic carbocycles. The lowest BCUT2D eigenvalue weighted by Gasteiger charge is -2.38. The van der Waals surface area contributed by atoms with Gasteiger partial charge in [-0.2, -0.15) is 4.52 Å². The lowest BCUT2D eigenvalue weighted by molar-refractivity contribution is -0.909. The van der Waals surface area contributed by atoms with E-state index in [9.17, 15) is 14.5 Å². The van der Waals surface area contributed by atoms with Crippen molar-refractivity contribution in [3.8, 4) is 0 Å². The summed E-state index contributed by atoms with van der Waals surface area (Å²) in [6.45, 7) is 4.90. The van der Waals surface area contributed by atoms with Crippen LogP contribution in [0.3, 0.4) is 0 Å². The summed E-state index contributed by atoms with van der Waals surface area (Å²) in [5.74, 6) is -0.0840. The third kappa shape index (κ3) is 9.24. The summed E-state index contributed by atoms with van der Waals surface area (Å²) in [6, 6.07) is 9.46. The molecular weight excluding hydrogens is 381 g/mol. The Balaban J connectivity index is 2.63. The van der Waals surface area contributed by atoms with Crippen LogP contribution in [0.4, 0.5) is 0 Å². The zero-order chi connectivity index (χ0) is 21.2. The number of carboxylic acids is 1. The molecule has 0 radical (unpaired) electrons. The van der Waals surface area contributed by atoms with Crippen LogP contribution in [0.25, 0.3) is 0 Å². The van der Waals surface area contributed by atoms with E-state index in [2.05, 4.69) is 0 Å². The van der Waals surface area contributed by atoms with Crippen molar-refractivity contribution in [2.45, 2.75) is 26.5 Å². The van der Waals surface area contributed by atoms with Crippen molar-refractivity contribution >= 4 is 25.7 Å². The fourth-order valence-electron chi connectivity index (χ4n) is 2.73. The maximum Gasteiger partial charge on any atom is 0.331 e. The molecule has 0 spiro atoms. The van der Waals surface area contributed by atoms with E-state index in [1.165, 1.54) is 0 Å². The molecule has 0 fully saturated rings. The first kappa shape index (κ1) is 24.0. The smallest absolute Gasteiger partial charge is 0.331 e. The predicted molar refractivity (Wildman–Crippen MR) is 108 cm³/mol. The fourth-order valence-corrected chi connectivity index (χ4v) is 3.67. The Morgan fingerprint density at radius 2 is 1.86 bits per heavy atom. The second-order valence-electron chi connectivity index (χ2n) is 7.30. The highest BCUT2D eigenvalue weighted by Crippen LogP contribution is 2.20. The second-order valence-corrected chi connectivity index (χ2v) is 8.50. The first-order chi connectivity index (χ1) is 13.1. The largest absolute Gasteiger partial charge is 0.603 e. The Hall–Kier alpha value is -2.05. The number of benzene rings is 1. The zero-order valence-electron chi connectivity index (χ0n) is 16.8. The van der Waals surface area contributed by atoms with Crippen LogP contribution in [0, 0.1) is 5.92 Å². The average molecular weight is 410 g/mol. The van der Waals surface area contributed by atoms with Crippen molar-refractivity contribution in [3.63, 3.8) is 0 Å². The number of likely N-dealkylation sites (N-methyl/N-ethyl adjacent to an activating group) is 1. The molecule has 28 heavy (non-hydrogen) atoms. The topological polar surface area (TPSA) is 95.9 Å². The molecule has 8 heteroatoms. The molecule has 0 aliphatic rings. The first-order valence-corrected chi connectivity index (χ1v) is 10.2. The Kier molecular flexibility index (Phi) is 10.0. The Morgan fingerprint density at radius 3 is 2.43 bits per heavy atom. The van der Waals surface area contributed by atoms with Crippen molar-refractivity contribution in [2.75, 3.05) is 27.2 Å². The average Bonchev–Trinajstić information content (AvgIpc) is 2.63. The van der Waals surface area contributed by atoms with E-state index in [1.807, 2.05) is 58.3 Å². The Bertz CT molecular complexity index is 700. The molecule has 0 saturated heterocycles. The van der Waals surface area contributed by atoms with Crippen molar-refractivity contribution in [1.82, 2.24) is 0 Å². The summed E-state index contributed by atoms with van der Waals surface area (Å²) < 4.78 is 11.0. The number of carbonyl (C=O) groups is 2. The zero-order valence-corrected chi connectivity index (χ0v) is 17.7. The highest BCUT2D eigenvalue weighted by atomic mass is 31.1. The first-order valence-electron chi connectivity index (χ1n) is 8.98. The number of rotatable bonds is 11. The van der Waals surface area contributed by atoms with Gasteiger partial charge in [0.1, 0.15) is 25.8 Å². The molecule has 0 aromatic heterocycles. The number of aliphatic carboxylic acids is 1. The van der Waals surface area contributed by atoms with Gasteiger partial charge in [-0.3, -0.25) is 0 Å². The van der Waals surface area contributed by atoms with Gasteiger partial charge in [-0.1, -0.05) is 44.2 Å². The third-order valence-electron chi connectivity index (χ3n) is 4.33. The van der Waals surface area contributed by atoms with Gasteiger partial charge in [0, 0.05) is 18.1 Å². The van der Waals surface area contributed by atoms with E-state index in [1.54, 1.807) is 5.80 Å². The van der Waals surface area contributed by atoms with E-state index in [4.69, 9.17) is 14.4 Å². The fraction of sp³-hybridized carbons (Fsp3) is 0.450. The van der Waals surface area contributed by atoms with Crippen molar-refractivity contribution in [2.24, 2.45) is 5.92 Å². The lowest BCUT2D eigenvalue weighted by Crippen LogP contribution is -2.54. The number of carbonyl (C=O) groups excluding carboxylic acids is 1. The van der Waals surface area contributed by atoms with Crippen LogP contribution in [0.2, 0.25) is 0 Å². The van der Waals surface area contributed by atoms with E-state index < -0.39 is 19.9 Å². The summed E-state index contributed by atoms with van der Waals surface area (Å²) in [5.41, 5.74) is 0.953. The summed E-state index contributed by atoms with van der Waals surface area (Å²) in [4.78, 5) is 34.3. The van der Waals surface area contributed by atoms with E-state index in [0.717, 1.165) is 17.7 Å². The Labute approximate surface area is 167 Å². The SMILES string of the molecule is CC(C)C(COC(=O)/C=C/C(=O)O)[N+](C)(C)CC=[P+]([O-])OCc1ccccc1. The number of carboxylic acid groups (broad SMARTS) is 1. The molecule has 0 aliphatic heterocycles. The van der Waals surface area contributed by atoms with Gasteiger partial charge in [0.15, 0.2) is 5.80 Å². The summed E-state index contributed by atoms with van der Waals surface area (Å²) in [6.07, 6.45) is 1.63. The molecule has 7 nitrogen and oxygen atoms in total. The molecule has 0 heterocycles. The monoisotopic (exact) mass is 410 g/mol. The van der Waals surface area contributed by atoms with Crippen molar-refractivity contribution in [1.29, 1.82) is 0 Å². The third-order valence-corrected chi connectivity index (χ3v) is 5.17. The lowest BCUT2D eigenvalue weighted by atomic mass is 10.0. The van der Waals surface area contributed by atoms with Crippen LogP contribution in [-0.4, -0.2) is 60.6 Å². The molecule has 0 bridgehead atoms. The molecule has 2 atom stereocenters. The minimum atomic E-state index is -1.92. The number of esters is 1. The molecule has 2 unspecified atom stereocenters. The van der Waals surface area contributed by atoms with E-state index in [0.29, 0.717) is 11.0 Å². The number of nitrogens with zero attached hydrogens (tertiary/aromatic N) is 1. The maximum atomic E-state index is 12.2. The van der Waals surface area contributed by atoms with Crippen molar-refractivity contribution < 1.29 is 33.3 Å². The molecule has 1 N–H and O–H groups in total. The van der Waals surface area contributed by atoms with Crippen LogP contribution in [0.5, 0.6) is 0 Å². The van der Waals surface area contributed by atoms with Crippen LogP contribution in [0.15, 0.2) is 42.5 Å². The molecule has 1 aromatic rings. The van der Waals surface area contributed by atoms with Crippen LogP contribution >= 0.6 is 8.00 Å². The predicted octanol–water partition coefficient (Wildman–Crippen LogP) is 1.96. The summed E-state index contributed by atoms with van der Waals surface area (Å²) in [5, 5.41) is 8.55. The van der Waals surface area contributed by atoms with Crippen LogP contribution < -0.4 is 4.89 Å². The minimum absolute atomic E-state index is 0.0593. The number of ether oxygens (including phenoxy) is 1. The van der Waals surface area contributed by atoms with Gasteiger partial charge in [-0.05, 0) is 5.56 Å². The van der Waals surface area contributed by atoms with E-state index in [-0.39, 0.29) is 25.2 Å². The van der Waals surface area contributed by atoms with Crippen molar-refractivity contribution in [3.05, 3.63) is 48.0 Å². The second kappa shape index (κ2) is 11.7. The molecule has 0 saturated carbocycles.